The minimum atomic E-state index is -0.0852. The average Bonchev–Trinajstić information content (AvgIpc) is 3.09. The summed E-state index contributed by atoms with van der Waals surface area (Å²) in [4.78, 5) is 15.6. The number of fused-ring (bicyclic) bond motifs is 2. The van der Waals surface area contributed by atoms with E-state index in [4.69, 9.17) is 4.74 Å². The molecule has 0 spiro atoms. The van der Waals surface area contributed by atoms with Crippen molar-refractivity contribution in [1.29, 1.82) is 0 Å². The highest BCUT2D eigenvalue weighted by Crippen LogP contribution is 2.38. The van der Waals surface area contributed by atoms with E-state index < -0.39 is 0 Å². The Labute approximate surface area is 133 Å². The first-order valence-electron chi connectivity index (χ1n) is 7.45. The number of hydrogen-bond donors (Lipinski definition) is 2. The number of rotatable bonds is 2. The Morgan fingerprint density at radius 3 is 2.83 bits per heavy atom. The predicted octanol–water partition coefficient (Wildman–Crippen LogP) is 3.98. The minimum absolute atomic E-state index is 0.0852. The molecule has 0 atom stereocenters. The molecular weight excluding hydrogens is 288 g/mol. The van der Waals surface area contributed by atoms with Gasteiger partial charge in [-0.2, -0.15) is 0 Å². The standard InChI is InChI=1S/C19H16N2O2/c1-11-7-17-14(9-18(11)23-2)15(19(22)21-17)8-12-10-20-16-6-4-3-5-13(12)16/h3-10,20H,1-2H3,(H,21,22)/b15-8-. The Kier molecular flexibility index (Phi) is 2.98. The Balaban J connectivity index is 1.89. The van der Waals surface area contributed by atoms with Gasteiger partial charge in [0.25, 0.3) is 5.91 Å². The summed E-state index contributed by atoms with van der Waals surface area (Å²) in [6, 6.07) is 11.9. The molecule has 0 saturated heterocycles. The van der Waals surface area contributed by atoms with E-state index in [1.54, 1.807) is 7.11 Å². The number of para-hydroxylation sites is 1. The van der Waals surface area contributed by atoms with Crippen molar-refractivity contribution in [3.63, 3.8) is 0 Å². The van der Waals surface area contributed by atoms with Crippen LogP contribution in [0, 0.1) is 6.92 Å². The van der Waals surface area contributed by atoms with Crippen molar-refractivity contribution in [2.75, 3.05) is 12.4 Å². The number of carbonyl (C=O) groups excluding carboxylic acids is 1. The molecule has 0 radical (unpaired) electrons. The van der Waals surface area contributed by atoms with Crippen molar-refractivity contribution in [1.82, 2.24) is 4.98 Å². The van der Waals surface area contributed by atoms with E-state index in [9.17, 15) is 4.79 Å². The lowest BCUT2D eigenvalue weighted by Gasteiger charge is -2.07. The molecule has 4 nitrogen and oxygen atoms in total. The van der Waals surface area contributed by atoms with Crippen LogP contribution in [0.1, 0.15) is 16.7 Å². The number of nitrogens with one attached hydrogen (secondary N) is 2. The molecule has 1 aromatic heterocycles. The largest absolute Gasteiger partial charge is 0.496 e. The van der Waals surface area contributed by atoms with Gasteiger partial charge in [0.2, 0.25) is 0 Å². The number of hydrogen-bond acceptors (Lipinski definition) is 2. The molecule has 1 aliphatic heterocycles. The zero-order valence-electron chi connectivity index (χ0n) is 12.9. The van der Waals surface area contributed by atoms with Gasteiger partial charge in [-0.25, -0.2) is 0 Å². The highest BCUT2D eigenvalue weighted by molar-refractivity contribution is 6.35. The first-order valence-corrected chi connectivity index (χ1v) is 7.45. The van der Waals surface area contributed by atoms with Crippen LogP contribution in [0.2, 0.25) is 0 Å². The summed E-state index contributed by atoms with van der Waals surface area (Å²) in [6.45, 7) is 1.96. The molecule has 0 fully saturated rings. The van der Waals surface area contributed by atoms with E-state index in [2.05, 4.69) is 10.3 Å². The van der Waals surface area contributed by atoms with E-state index in [1.165, 1.54) is 0 Å². The fourth-order valence-electron chi connectivity index (χ4n) is 3.06. The first kappa shape index (κ1) is 13.6. The molecule has 0 aliphatic carbocycles. The average molecular weight is 304 g/mol. The van der Waals surface area contributed by atoms with Gasteiger partial charge in [0.1, 0.15) is 5.75 Å². The number of anilines is 1. The molecule has 114 valence electrons. The summed E-state index contributed by atoms with van der Waals surface area (Å²) in [5, 5.41) is 4.02. The molecule has 1 aliphatic rings. The maximum atomic E-state index is 12.4. The van der Waals surface area contributed by atoms with E-state index in [0.29, 0.717) is 5.57 Å². The Bertz CT molecular complexity index is 967. The second-order valence-electron chi connectivity index (χ2n) is 5.67. The van der Waals surface area contributed by atoms with Crippen LogP contribution >= 0.6 is 0 Å². The third-order valence-corrected chi connectivity index (χ3v) is 4.24. The summed E-state index contributed by atoms with van der Waals surface area (Å²) in [5.74, 6) is 0.697. The maximum Gasteiger partial charge on any atom is 0.256 e. The van der Waals surface area contributed by atoms with E-state index in [-0.39, 0.29) is 5.91 Å². The van der Waals surface area contributed by atoms with E-state index >= 15 is 0 Å². The van der Waals surface area contributed by atoms with Gasteiger partial charge in [0.15, 0.2) is 0 Å². The number of benzene rings is 2. The van der Waals surface area contributed by atoms with Crippen molar-refractivity contribution >= 4 is 34.1 Å². The number of aromatic nitrogens is 1. The molecule has 0 bridgehead atoms. The van der Waals surface area contributed by atoms with Crippen molar-refractivity contribution in [3.8, 4) is 5.75 Å². The zero-order chi connectivity index (χ0) is 16.0. The Morgan fingerprint density at radius 2 is 2.00 bits per heavy atom. The monoisotopic (exact) mass is 304 g/mol. The molecule has 2 heterocycles. The summed E-state index contributed by atoms with van der Waals surface area (Å²) in [5.41, 5.74) is 5.42. The summed E-state index contributed by atoms with van der Waals surface area (Å²) < 4.78 is 5.39. The fraction of sp³-hybridized carbons (Fsp3) is 0.105. The number of ether oxygens (including phenoxy) is 1. The molecular formula is C19H16N2O2. The second-order valence-corrected chi connectivity index (χ2v) is 5.67. The number of carbonyl (C=O) groups is 1. The molecule has 3 aromatic rings. The minimum Gasteiger partial charge on any atom is -0.496 e. The van der Waals surface area contributed by atoms with Crippen molar-refractivity contribution < 1.29 is 9.53 Å². The van der Waals surface area contributed by atoms with Crippen LogP contribution in [0.4, 0.5) is 5.69 Å². The van der Waals surface area contributed by atoms with Gasteiger partial charge in [0.05, 0.1) is 7.11 Å². The molecule has 0 unspecified atom stereocenters. The zero-order valence-corrected chi connectivity index (χ0v) is 12.9. The first-order chi connectivity index (χ1) is 11.2. The highest BCUT2D eigenvalue weighted by Gasteiger charge is 2.25. The lowest BCUT2D eigenvalue weighted by Crippen LogP contribution is -2.03. The quantitative estimate of drug-likeness (QED) is 0.704. The van der Waals surface area contributed by atoms with Gasteiger partial charge >= 0.3 is 0 Å². The Morgan fingerprint density at radius 1 is 1.17 bits per heavy atom. The smallest absolute Gasteiger partial charge is 0.256 e. The lowest BCUT2D eigenvalue weighted by atomic mass is 10.0. The third-order valence-electron chi connectivity index (χ3n) is 4.24. The number of aromatic amines is 1. The predicted molar refractivity (Wildman–Crippen MR) is 92.5 cm³/mol. The molecule has 2 aromatic carbocycles. The molecule has 4 heteroatoms. The van der Waals surface area contributed by atoms with Crippen LogP contribution in [0.15, 0.2) is 42.6 Å². The van der Waals surface area contributed by atoms with Gasteiger partial charge in [-0.05, 0) is 36.8 Å². The van der Waals surface area contributed by atoms with Crippen LogP contribution in [-0.4, -0.2) is 18.0 Å². The van der Waals surface area contributed by atoms with Crippen molar-refractivity contribution in [2.24, 2.45) is 0 Å². The van der Waals surface area contributed by atoms with Gasteiger partial charge < -0.3 is 15.0 Å². The van der Waals surface area contributed by atoms with Gasteiger partial charge in [-0.3, -0.25) is 4.79 Å². The van der Waals surface area contributed by atoms with Crippen LogP contribution in [0.25, 0.3) is 22.6 Å². The molecule has 4 rings (SSSR count). The maximum absolute atomic E-state index is 12.4. The number of amides is 1. The van der Waals surface area contributed by atoms with Crippen molar-refractivity contribution in [3.05, 3.63) is 59.3 Å². The fourth-order valence-corrected chi connectivity index (χ4v) is 3.06. The van der Waals surface area contributed by atoms with E-state index in [1.807, 2.05) is 55.6 Å². The normalized spacial score (nSPS) is 15.0. The van der Waals surface area contributed by atoms with Crippen LogP contribution < -0.4 is 10.1 Å². The van der Waals surface area contributed by atoms with Crippen LogP contribution in [-0.2, 0) is 4.79 Å². The second kappa shape index (κ2) is 5.02. The topological polar surface area (TPSA) is 54.1 Å². The number of aryl methyl sites for hydroxylation is 1. The summed E-state index contributed by atoms with van der Waals surface area (Å²) in [6.07, 6.45) is 3.85. The summed E-state index contributed by atoms with van der Waals surface area (Å²) >= 11 is 0. The molecule has 1 amide bonds. The molecule has 2 N–H and O–H groups in total. The third kappa shape index (κ3) is 2.11. The SMILES string of the molecule is COc1cc2c(cc1C)NC(=O)/C2=C\c1c[nH]c2ccccc12. The molecule has 0 saturated carbocycles. The molecule has 23 heavy (non-hydrogen) atoms. The summed E-state index contributed by atoms with van der Waals surface area (Å²) in [7, 11) is 1.64. The lowest BCUT2D eigenvalue weighted by molar-refractivity contribution is -0.110. The van der Waals surface area contributed by atoms with E-state index in [0.717, 1.165) is 39.0 Å². The highest BCUT2D eigenvalue weighted by atomic mass is 16.5. The van der Waals surface area contributed by atoms with Gasteiger partial charge in [0, 0.05) is 39.5 Å². The van der Waals surface area contributed by atoms with Crippen LogP contribution in [0.3, 0.4) is 0 Å². The number of H-pyrrole nitrogens is 1. The van der Waals surface area contributed by atoms with Crippen molar-refractivity contribution in [2.45, 2.75) is 6.92 Å². The van der Waals surface area contributed by atoms with Gasteiger partial charge in [-0.1, -0.05) is 18.2 Å². The number of methoxy groups -OCH3 is 1. The van der Waals surface area contributed by atoms with Gasteiger partial charge in [-0.15, -0.1) is 0 Å². The van der Waals surface area contributed by atoms with Crippen LogP contribution in [0.5, 0.6) is 5.75 Å². The Hall–Kier alpha value is -3.01.